The Balaban J connectivity index is 1.80. The van der Waals surface area contributed by atoms with Gasteiger partial charge in [-0.1, -0.05) is 42.5 Å². The molecule has 0 saturated heterocycles. The average Bonchev–Trinajstić information content (AvgIpc) is 2.84. The van der Waals surface area contributed by atoms with Gasteiger partial charge in [-0.3, -0.25) is 0 Å². The van der Waals surface area contributed by atoms with E-state index >= 15 is 0 Å². The number of benzene rings is 2. The van der Waals surface area contributed by atoms with E-state index in [1.165, 1.54) is 31.7 Å². The molecular weight excluding hydrogens is 274 g/mol. The number of fused-ring (bicyclic) bond motifs is 1. The third kappa shape index (κ3) is 2.87. The van der Waals surface area contributed by atoms with Crippen molar-refractivity contribution in [3.05, 3.63) is 70.1 Å². The number of nitrogens with one attached hydrogen (secondary N) is 1. The molecule has 1 N–H and O–H groups in total. The monoisotopic (exact) mass is 295 g/mol. The van der Waals surface area contributed by atoms with Gasteiger partial charge in [-0.2, -0.15) is 0 Å². The number of rotatable bonds is 4. The third-order valence-corrected chi connectivity index (χ3v) is 5.59. The van der Waals surface area contributed by atoms with Gasteiger partial charge in [-0.15, -0.1) is 11.3 Å². The van der Waals surface area contributed by atoms with Crippen LogP contribution in [0.15, 0.2) is 48.5 Å². The standard InChI is InChI=1S/C19H21NS/c1-13-8-4-5-9-16(13)12-20-15(3)19-14(2)17-10-6-7-11-18(17)21-19/h4-11,15,20H,12H2,1-3H3. The second kappa shape index (κ2) is 6.00. The Hall–Kier alpha value is -1.64. The Morgan fingerprint density at radius 3 is 2.48 bits per heavy atom. The van der Waals surface area contributed by atoms with Crippen molar-refractivity contribution >= 4 is 21.4 Å². The Kier molecular flexibility index (Phi) is 4.09. The summed E-state index contributed by atoms with van der Waals surface area (Å²) in [6.45, 7) is 7.59. The van der Waals surface area contributed by atoms with Crippen LogP contribution in [0.5, 0.6) is 0 Å². The molecule has 1 atom stereocenters. The van der Waals surface area contributed by atoms with E-state index in [1.54, 1.807) is 0 Å². The van der Waals surface area contributed by atoms with Gasteiger partial charge in [0.15, 0.2) is 0 Å². The van der Waals surface area contributed by atoms with Crippen molar-refractivity contribution in [2.75, 3.05) is 0 Å². The highest BCUT2D eigenvalue weighted by molar-refractivity contribution is 7.19. The zero-order chi connectivity index (χ0) is 14.8. The summed E-state index contributed by atoms with van der Waals surface area (Å²) >= 11 is 1.91. The molecule has 1 nitrogen and oxygen atoms in total. The first-order chi connectivity index (χ1) is 10.2. The fourth-order valence-corrected chi connectivity index (χ4v) is 4.01. The number of hydrogen-bond donors (Lipinski definition) is 1. The summed E-state index contributed by atoms with van der Waals surface area (Å²) in [7, 11) is 0. The highest BCUT2D eigenvalue weighted by atomic mass is 32.1. The molecule has 3 aromatic rings. The Morgan fingerprint density at radius 1 is 1.00 bits per heavy atom. The SMILES string of the molecule is Cc1ccccc1CNC(C)c1sc2ccccc2c1C. The Labute approximate surface area is 130 Å². The lowest BCUT2D eigenvalue weighted by Crippen LogP contribution is -2.18. The van der Waals surface area contributed by atoms with Crippen LogP contribution in [0.1, 0.15) is 34.5 Å². The minimum Gasteiger partial charge on any atom is -0.305 e. The van der Waals surface area contributed by atoms with Crippen LogP contribution >= 0.6 is 11.3 Å². The molecule has 0 radical (unpaired) electrons. The largest absolute Gasteiger partial charge is 0.305 e. The maximum Gasteiger partial charge on any atom is 0.0391 e. The summed E-state index contributed by atoms with van der Waals surface area (Å²) in [5, 5.41) is 5.06. The molecule has 1 unspecified atom stereocenters. The molecule has 1 heterocycles. The van der Waals surface area contributed by atoms with Crippen LogP contribution in [0, 0.1) is 13.8 Å². The van der Waals surface area contributed by atoms with Crippen LogP contribution in [-0.4, -0.2) is 0 Å². The number of hydrogen-bond acceptors (Lipinski definition) is 2. The van der Waals surface area contributed by atoms with E-state index in [9.17, 15) is 0 Å². The predicted molar refractivity (Wildman–Crippen MR) is 93.0 cm³/mol. The second-order valence-electron chi connectivity index (χ2n) is 5.62. The molecule has 0 aliphatic carbocycles. The van der Waals surface area contributed by atoms with Gasteiger partial charge in [-0.25, -0.2) is 0 Å². The summed E-state index contributed by atoms with van der Waals surface area (Å²) < 4.78 is 1.38. The lowest BCUT2D eigenvalue weighted by Gasteiger charge is -2.14. The molecule has 21 heavy (non-hydrogen) atoms. The van der Waals surface area contributed by atoms with Gasteiger partial charge < -0.3 is 5.32 Å². The van der Waals surface area contributed by atoms with E-state index in [2.05, 4.69) is 74.6 Å². The van der Waals surface area contributed by atoms with Gasteiger partial charge in [0, 0.05) is 22.2 Å². The molecule has 0 aliphatic heterocycles. The average molecular weight is 295 g/mol. The Morgan fingerprint density at radius 2 is 1.71 bits per heavy atom. The molecular formula is C19H21NS. The maximum absolute atomic E-state index is 3.67. The van der Waals surface area contributed by atoms with Crippen molar-refractivity contribution in [3.8, 4) is 0 Å². The quantitative estimate of drug-likeness (QED) is 0.682. The lowest BCUT2D eigenvalue weighted by atomic mass is 10.1. The van der Waals surface area contributed by atoms with Gasteiger partial charge in [0.2, 0.25) is 0 Å². The fraction of sp³-hybridized carbons (Fsp3) is 0.263. The van der Waals surface area contributed by atoms with E-state index in [1.807, 2.05) is 11.3 Å². The molecule has 108 valence electrons. The minimum atomic E-state index is 0.377. The molecule has 3 rings (SSSR count). The van der Waals surface area contributed by atoms with E-state index < -0.39 is 0 Å². The first-order valence-electron chi connectivity index (χ1n) is 7.42. The third-order valence-electron chi connectivity index (χ3n) is 4.13. The summed E-state index contributed by atoms with van der Waals surface area (Å²) in [6.07, 6.45) is 0. The fourth-order valence-electron chi connectivity index (χ4n) is 2.77. The van der Waals surface area contributed by atoms with Gasteiger partial charge >= 0.3 is 0 Å². The summed E-state index contributed by atoms with van der Waals surface area (Å²) in [5.41, 5.74) is 4.15. The van der Waals surface area contributed by atoms with E-state index in [-0.39, 0.29) is 0 Å². The van der Waals surface area contributed by atoms with Gasteiger partial charge in [0.25, 0.3) is 0 Å². The lowest BCUT2D eigenvalue weighted by molar-refractivity contribution is 0.580. The predicted octanol–water partition coefficient (Wildman–Crippen LogP) is 5.37. The van der Waals surface area contributed by atoms with Gasteiger partial charge in [0.05, 0.1) is 0 Å². The van der Waals surface area contributed by atoms with Crippen LogP contribution in [0.3, 0.4) is 0 Å². The van der Waals surface area contributed by atoms with Crippen LogP contribution < -0.4 is 5.32 Å². The second-order valence-corrected chi connectivity index (χ2v) is 6.70. The highest BCUT2D eigenvalue weighted by Gasteiger charge is 2.14. The molecule has 1 aromatic heterocycles. The summed E-state index contributed by atoms with van der Waals surface area (Å²) in [5.74, 6) is 0. The molecule has 0 saturated carbocycles. The smallest absolute Gasteiger partial charge is 0.0391 e. The zero-order valence-corrected chi connectivity index (χ0v) is 13.6. The van der Waals surface area contributed by atoms with E-state index in [4.69, 9.17) is 0 Å². The molecule has 2 heteroatoms. The summed E-state index contributed by atoms with van der Waals surface area (Å²) in [6, 6.07) is 17.6. The van der Waals surface area contributed by atoms with Crippen molar-refractivity contribution < 1.29 is 0 Å². The normalized spacial score (nSPS) is 12.7. The maximum atomic E-state index is 3.67. The van der Waals surface area contributed by atoms with E-state index in [0.717, 1.165) is 6.54 Å². The van der Waals surface area contributed by atoms with Crippen LogP contribution in [0.2, 0.25) is 0 Å². The number of thiophene rings is 1. The molecule has 0 aliphatic rings. The molecule has 0 spiro atoms. The first kappa shape index (κ1) is 14.3. The van der Waals surface area contributed by atoms with E-state index in [0.29, 0.717) is 6.04 Å². The van der Waals surface area contributed by atoms with Crippen molar-refractivity contribution in [1.29, 1.82) is 0 Å². The van der Waals surface area contributed by atoms with Crippen molar-refractivity contribution in [2.24, 2.45) is 0 Å². The number of aryl methyl sites for hydroxylation is 2. The highest BCUT2D eigenvalue weighted by Crippen LogP contribution is 2.34. The van der Waals surface area contributed by atoms with Gasteiger partial charge in [-0.05, 0) is 48.9 Å². The van der Waals surface area contributed by atoms with Crippen LogP contribution in [0.25, 0.3) is 10.1 Å². The van der Waals surface area contributed by atoms with Crippen molar-refractivity contribution in [3.63, 3.8) is 0 Å². The minimum absolute atomic E-state index is 0.377. The Bertz CT molecular complexity index is 757. The molecule has 0 bridgehead atoms. The summed E-state index contributed by atoms with van der Waals surface area (Å²) in [4.78, 5) is 1.45. The van der Waals surface area contributed by atoms with Crippen LogP contribution in [0.4, 0.5) is 0 Å². The topological polar surface area (TPSA) is 12.0 Å². The van der Waals surface area contributed by atoms with Crippen molar-refractivity contribution in [1.82, 2.24) is 5.32 Å². The molecule has 2 aromatic carbocycles. The molecule has 0 amide bonds. The molecule has 0 fully saturated rings. The first-order valence-corrected chi connectivity index (χ1v) is 8.24. The van der Waals surface area contributed by atoms with Crippen LogP contribution in [-0.2, 0) is 6.54 Å². The zero-order valence-electron chi connectivity index (χ0n) is 12.8. The van der Waals surface area contributed by atoms with Gasteiger partial charge in [0.1, 0.15) is 0 Å². The van der Waals surface area contributed by atoms with Crippen molar-refractivity contribution in [2.45, 2.75) is 33.4 Å².